The van der Waals surface area contributed by atoms with Crippen LogP contribution in [0.5, 0.6) is 0 Å². The summed E-state index contributed by atoms with van der Waals surface area (Å²) in [4.78, 5) is 3.85. The second-order valence-electron chi connectivity index (χ2n) is 11.0. The number of aromatic nitrogens is 2. The van der Waals surface area contributed by atoms with Crippen LogP contribution in [0.4, 0.5) is 0 Å². The van der Waals surface area contributed by atoms with Crippen molar-refractivity contribution in [2.45, 2.75) is 126 Å². The van der Waals surface area contributed by atoms with E-state index in [9.17, 15) is 25.9 Å². The van der Waals surface area contributed by atoms with Crippen LogP contribution in [-0.4, -0.2) is 35.5 Å². The Kier molecular flexibility index (Phi) is 19.7. The third kappa shape index (κ3) is 13.9. The Morgan fingerprint density at radius 2 is 1.19 bits per heavy atom. The minimum absolute atomic E-state index is 0. The van der Waals surface area contributed by atoms with Gasteiger partial charge in [-0.3, -0.25) is 0 Å². The summed E-state index contributed by atoms with van der Waals surface area (Å²) >= 11 is 0. The maximum absolute atomic E-state index is 11.9. The van der Waals surface area contributed by atoms with E-state index in [-0.39, 0.29) is 81.0 Å². The molecule has 0 saturated heterocycles. The van der Waals surface area contributed by atoms with E-state index in [1.54, 1.807) is 12.1 Å². The molecule has 3 rings (SSSR count). The number of rotatable bonds is 20. The van der Waals surface area contributed by atoms with Crippen molar-refractivity contribution in [1.82, 2.24) is 9.55 Å². The number of hydrogen-bond donors (Lipinski definition) is 0. The Balaban J connectivity index is 0.00000462. The normalized spacial score (nSPS) is 11.8. The molecule has 1 heterocycles. The molecule has 0 amide bonds. The molecule has 0 spiro atoms. The molecule has 0 fully saturated rings. The standard InChI is InChI=1S/C31H46N2O6S2.2Na/c1-2-3-4-5-6-7-8-9-10-11-12-13-14-15-16-23-30-32-31-28(21-18-22-29(31)41(37,38)39)33(30)25-26-19-17-20-27(24-26)40(34,35)36;;/h17-22,24H,2-16,23,25H2,1H3,(H,34,35,36)(H,37,38,39);;/q;2*+1/p-2. The molecule has 0 unspecified atom stereocenters. The number of para-hydroxylation sites is 1. The molecule has 12 heteroatoms. The van der Waals surface area contributed by atoms with Gasteiger partial charge in [0.2, 0.25) is 0 Å². The van der Waals surface area contributed by atoms with Crippen LogP contribution in [0.15, 0.2) is 52.3 Å². The Hall–Kier alpha value is -0.270. The zero-order valence-corrected chi connectivity index (χ0v) is 31.9. The number of aryl methyl sites for hydroxylation is 1. The quantitative estimate of drug-likeness (QED) is 0.102. The van der Waals surface area contributed by atoms with Crippen molar-refractivity contribution in [2.24, 2.45) is 0 Å². The van der Waals surface area contributed by atoms with Gasteiger partial charge in [0.05, 0.1) is 15.3 Å². The van der Waals surface area contributed by atoms with Crippen LogP contribution < -0.4 is 59.1 Å². The summed E-state index contributed by atoms with van der Waals surface area (Å²) in [5.74, 6) is 0.626. The molecule has 0 bridgehead atoms. The van der Waals surface area contributed by atoms with Gasteiger partial charge in [0.25, 0.3) is 0 Å². The number of imidazole rings is 1. The number of fused-ring (bicyclic) bond motifs is 1. The maximum atomic E-state index is 11.9. The molecule has 0 atom stereocenters. The number of benzene rings is 2. The van der Waals surface area contributed by atoms with E-state index in [2.05, 4.69) is 11.9 Å². The molecule has 0 saturated carbocycles. The number of nitrogens with zero attached hydrogens (tertiary/aromatic N) is 2. The fraction of sp³-hybridized carbons (Fsp3) is 0.581. The fourth-order valence-corrected chi connectivity index (χ4v) is 6.55. The summed E-state index contributed by atoms with van der Waals surface area (Å²) in [6, 6.07) is 10.2. The van der Waals surface area contributed by atoms with E-state index in [1.807, 2.05) is 4.57 Å². The van der Waals surface area contributed by atoms with Crippen molar-refractivity contribution in [3.8, 4) is 0 Å². The van der Waals surface area contributed by atoms with Gasteiger partial charge >= 0.3 is 59.1 Å². The average molecular weight is 651 g/mol. The van der Waals surface area contributed by atoms with E-state index in [0.717, 1.165) is 19.3 Å². The first-order chi connectivity index (χ1) is 19.6. The van der Waals surface area contributed by atoms with Crippen molar-refractivity contribution >= 4 is 31.3 Å². The van der Waals surface area contributed by atoms with Crippen LogP contribution in [0.1, 0.15) is 115 Å². The van der Waals surface area contributed by atoms with Gasteiger partial charge in [0.15, 0.2) is 0 Å². The van der Waals surface area contributed by atoms with Gasteiger partial charge in [-0.2, -0.15) is 0 Å². The van der Waals surface area contributed by atoms with E-state index in [0.29, 0.717) is 23.3 Å². The minimum Gasteiger partial charge on any atom is -0.744 e. The smallest absolute Gasteiger partial charge is 0.744 e. The summed E-state index contributed by atoms with van der Waals surface area (Å²) in [5.41, 5.74) is 1.16. The molecule has 3 aromatic rings. The molecule has 0 aliphatic carbocycles. The molecule has 2 aromatic carbocycles. The van der Waals surface area contributed by atoms with E-state index in [4.69, 9.17) is 0 Å². The Bertz CT molecular complexity index is 1460. The molecule has 0 radical (unpaired) electrons. The van der Waals surface area contributed by atoms with Gasteiger partial charge in [-0.25, -0.2) is 21.8 Å². The SMILES string of the molecule is CCCCCCCCCCCCCCCCCc1nc2c(S(=O)(=O)[O-])cccc2n1Cc1cccc(S(=O)(=O)[O-])c1.[Na+].[Na+]. The van der Waals surface area contributed by atoms with Gasteiger partial charge in [-0.15, -0.1) is 0 Å². The maximum Gasteiger partial charge on any atom is 1.00 e. The Labute approximate surface area is 302 Å². The Morgan fingerprint density at radius 1 is 0.674 bits per heavy atom. The molecule has 228 valence electrons. The summed E-state index contributed by atoms with van der Waals surface area (Å²) in [5, 5.41) is 0. The van der Waals surface area contributed by atoms with Gasteiger partial charge < -0.3 is 13.7 Å². The molecule has 0 aliphatic rings. The zero-order valence-electron chi connectivity index (χ0n) is 26.2. The van der Waals surface area contributed by atoms with Crippen molar-refractivity contribution < 1.29 is 85.1 Å². The molecule has 1 aromatic heterocycles. The molecular weight excluding hydrogens is 606 g/mol. The van der Waals surface area contributed by atoms with Gasteiger partial charge in [-0.1, -0.05) is 115 Å². The van der Waals surface area contributed by atoms with Gasteiger partial charge in [0, 0.05) is 13.0 Å². The molecular formula is C31H44N2Na2O6S2. The van der Waals surface area contributed by atoms with Crippen LogP contribution in [0.2, 0.25) is 0 Å². The average Bonchev–Trinajstić information content (AvgIpc) is 3.27. The zero-order chi connectivity index (χ0) is 29.7. The fourth-order valence-electron chi connectivity index (χ4n) is 5.37. The molecule has 43 heavy (non-hydrogen) atoms. The second-order valence-corrected chi connectivity index (χ2v) is 13.7. The molecule has 8 nitrogen and oxygen atoms in total. The van der Waals surface area contributed by atoms with Gasteiger partial charge in [0.1, 0.15) is 31.6 Å². The summed E-state index contributed by atoms with van der Waals surface area (Å²) < 4.78 is 72.0. The third-order valence-corrected chi connectivity index (χ3v) is 9.32. The first-order valence-corrected chi connectivity index (χ1v) is 17.9. The minimum atomic E-state index is -4.73. The number of unbranched alkanes of at least 4 members (excludes halogenated alkanes) is 14. The molecule has 0 N–H and O–H groups in total. The van der Waals surface area contributed by atoms with Crippen molar-refractivity contribution in [3.63, 3.8) is 0 Å². The van der Waals surface area contributed by atoms with Crippen LogP contribution in [0, 0.1) is 0 Å². The van der Waals surface area contributed by atoms with E-state index in [1.165, 1.54) is 107 Å². The third-order valence-electron chi connectivity index (χ3n) is 7.62. The first-order valence-electron chi connectivity index (χ1n) is 15.1. The van der Waals surface area contributed by atoms with E-state index >= 15 is 0 Å². The van der Waals surface area contributed by atoms with Crippen LogP contribution in [-0.2, 0) is 33.2 Å². The summed E-state index contributed by atoms with van der Waals surface area (Å²) in [6.07, 6.45) is 19.4. The predicted octanol–water partition coefficient (Wildman–Crippen LogP) is 1.31. The summed E-state index contributed by atoms with van der Waals surface area (Å²) in [6.45, 7) is 2.44. The van der Waals surface area contributed by atoms with Crippen molar-refractivity contribution in [2.75, 3.05) is 0 Å². The first kappa shape index (κ1) is 40.8. The predicted molar refractivity (Wildman–Crippen MR) is 160 cm³/mol. The summed E-state index contributed by atoms with van der Waals surface area (Å²) in [7, 11) is -9.35. The molecule has 0 aliphatic heterocycles. The van der Waals surface area contributed by atoms with Crippen molar-refractivity contribution in [1.29, 1.82) is 0 Å². The largest absolute Gasteiger partial charge is 1.00 e. The van der Waals surface area contributed by atoms with Gasteiger partial charge in [-0.05, 0) is 36.2 Å². The Morgan fingerprint density at radius 3 is 1.70 bits per heavy atom. The second kappa shape index (κ2) is 20.8. The van der Waals surface area contributed by atoms with Crippen LogP contribution in [0.3, 0.4) is 0 Å². The van der Waals surface area contributed by atoms with E-state index < -0.39 is 20.2 Å². The number of hydrogen-bond acceptors (Lipinski definition) is 7. The topological polar surface area (TPSA) is 132 Å². The van der Waals surface area contributed by atoms with Crippen LogP contribution >= 0.6 is 0 Å². The van der Waals surface area contributed by atoms with Crippen LogP contribution in [0.25, 0.3) is 11.0 Å². The monoisotopic (exact) mass is 650 g/mol. The van der Waals surface area contributed by atoms with Crippen molar-refractivity contribution in [3.05, 3.63) is 53.9 Å².